The van der Waals surface area contributed by atoms with Crippen molar-refractivity contribution >= 4 is 0 Å². The minimum Gasteiger partial charge on any atom is -0.481 e. The van der Waals surface area contributed by atoms with Crippen molar-refractivity contribution in [2.24, 2.45) is 0 Å². The van der Waals surface area contributed by atoms with Crippen molar-refractivity contribution in [3.8, 4) is 40.7 Å². The molecule has 2 heterocycles. The molecule has 2 aromatic heterocycles. The third kappa shape index (κ3) is 3.95. The summed E-state index contributed by atoms with van der Waals surface area (Å²) in [5, 5.41) is 0. The van der Waals surface area contributed by atoms with E-state index in [1.54, 1.807) is 25.3 Å². The maximum atomic E-state index is 5.74. The molecular formula is C18H17N3O4. The Bertz CT molecular complexity index is 848. The van der Waals surface area contributed by atoms with Gasteiger partial charge in [0.2, 0.25) is 17.6 Å². The second kappa shape index (κ2) is 7.48. The Hall–Kier alpha value is -3.35. The first-order valence-corrected chi connectivity index (χ1v) is 7.48. The van der Waals surface area contributed by atoms with Gasteiger partial charge < -0.3 is 18.9 Å². The van der Waals surface area contributed by atoms with E-state index in [1.807, 2.05) is 30.3 Å². The summed E-state index contributed by atoms with van der Waals surface area (Å²) in [5.41, 5.74) is 1.65. The van der Waals surface area contributed by atoms with Crippen LogP contribution in [0.2, 0.25) is 0 Å². The normalized spacial score (nSPS) is 10.2. The van der Waals surface area contributed by atoms with Crippen molar-refractivity contribution < 1.29 is 18.9 Å². The molecule has 0 unspecified atom stereocenters. The molecule has 3 rings (SSSR count). The molecule has 0 aliphatic rings. The molecule has 0 saturated heterocycles. The number of nitrogens with zero attached hydrogens (tertiary/aromatic N) is 3. The van der Waals surface area contributed by atoms with Gasteiger partial charge in [0.05, 0.1) is 33.1 Å². The van der Waals surface area contributed by atoms with Crippen LogP contribution in [0.4, 0.5) is 0 Å². The van der Waals surface area contributed by atoms with Crippen LogP contribution in [0.1, 0.15) is 0 Å². The summed E-state index contributed by atoms with van der Waals surface area (Å²) in [6.07, 6.45) is 0. The molecule has 25 heavy (non-hydrogen) atoms. The minimum atomic E-state index is 0.131. The summed E-state index contributed by atoms with van der Waals surface area (Å²) in [7, 11) is 4.61. The Kier molecular flexibility index (Phi) is 4.94. The summed E-state index contributed by atoms with van der Waals surface area (Å²) in [6, 6.07) is 14.7. The first-order chi connectivity index (χ1) is 12.2. The Morgan fingerprint density at radius 2 is 1.36 bits per heavy atom. The predicted octanol–water partition coefficient (Wildman–Crippen LogP) is 3.36. The first kappa shape index (κ1) is 16.5. The van der Waals surface area contributed by atoms with Gasteiger partial charge >= 0.3 is 6.01 Å². The molecule has 0 bridgehead atoms. The van der Waals surface area contributed by atoms with E-state index in [-0.39, 0.29) is 6.01 Å². The largest absolute Gasteiger partial charge is 0.481 e. The van der Waals surface area contributed by atoms with Gasteiger partial charge in [0.1, 0.15) is 5.75 Å². The molecule has 0 fully saturated rings. The summed E-state index contributed by atoms with van der Waals surface area (Å²) < 4.78 is 21.1. The van der Waals surface area contributed by atoms with E-state index in [2.05, 4.69) is 15.0 Å². The molecule has 0 saturated carbocycles. The van der Waals surface area contributed by atoms with Crippen molar-refractivity contribution in [3.63, 3.8) is 0 Å². The van der Waals surface area contributed by atoms with Crippen LogP contribution >= 0.6 is 0 Å². The maximum absolute atomic E-state index is 5.74. The van der Waals surface area contributed by atoms with Crippen LogP contribution in [0.15, 0.2) is 48.5 Å². The van der Waals surface area contributed by atoms with Crippen LogP contribution in [-0.2, 0) is 0 Å². The predicted molar refractivity (Wildman–Crippen MR) is 91.4 cm³/mol. The fourth-order valence-electron chi connectivity index (χ4n) is 2.15. The molecule has 7 nitrogen and oxygen atoms in total. The summed E-state index contributed by atoms with van der Waals surface area (Å²) in [4.78, 5) is 12.7. The third-order valence-corrected chi connectivity index (χ3v) is 3.35. The highest BCUT2D eigenvalue weighted by molar-refractivity contribution is 5.61. The van der Waals surface area contributed by atoms with E-state index in [0.29, 0.717) is 23.4 Å². The number of pyridine rings is 1. The van der Waals surface area contributed by atoms with Crippen LogP contribution < -0.4 is 18.9 Å². The molecule has 0 spiro atoms. The van der Waals surface area contributed by atoms with Crippen LogP contribution in [0.25, 0.3) is 11.3 Å². The number of rotatable bonds is 6. The van der Waals surface area contributed by atoms with Crippen LogP contribution in [0, 0.1) is 0 Å². The molecule has 128 valence electrons. The van der Waals surface area contributed by atoms with Crippen molar-refractivity contribution in [3.05, 3.63) is 48.5 Å². The standard InChI is InChI=1S/C18H17N3O4/c1-22-15-9-5-8-14(19-15)12-6-4-7-13(10-12)25-18-20-16(23-2)11-17(21-18)24-3/h4-11H,1-3H3. The van der Waals surface area contributed by atoms with Gasteiger partial charge in [-0.15, -0.1) is 0 Å². The van der Waals surface area contributed by atoms with Crippen molar-refractivity contribution in [2.75, 3.05) is 21.3 Å². The fraction of sp³-hybridized carbons (Fsp3) is 0.167. The van der Waals surface area contributed by atoms with Gasteiger partial charge in [-0.2, -0.15) is 9.97 Å². The van der Waals surface area contributed by atoms with Crippen LogP contribution in [0.5, 0.6) is 29.4 Å². The molecular weight excluding hydrogens is 322 g/mol. The number of benzene rings is 1. The van der Waals surface area contributed by atoms with E-state index >= 15 is 0 Å². The molecule has 3 aromatic rings. The zero-order valence-corrected chi connectivity index (χ0v) is 14.1. The zero-order valence-electron chi connectivity index (χ0n) is 14.1. The Balaban J connectivity index is 1.89. The number of ether oxygens (including phenoxy) is 4. The summed E-state index contributed by atoms with van der Waals surface area (Å²) in [5.74, 6) is 1.82. The topological polar surface area (TPSA) is 75.6 Å². The zero-order chi connectivity index (χ0) is 17.6. The molecule has 1 aromatic carbocycles. The van der Waals surface area contributed by atoms with E-state index in [1.165, 1.54) is 14.2 Å². The lowest BCUT2D eigenvalue weighted by atomic mass is 10.1. The first-order valence-electron chi connectivity index (χ1n) is 7.48. The number of hydrogen-bond donors (Lipinski definition) is 0. The minimum absolute atomic E-state index is 0.131. The van der Waals surface area contributed by atoms with E-state index in [9.17, 15) is 0 Å². The second-order valence-corrected chi connectivity index (χ2v) is 4.93. The van der Waals surface area contributed by atoms with Gasteiger partial charge in [0.25, 0.3) is 0 Å². The summed E-state index contributed by atoms with van der Waals surface area (Å²) in [6.45, 7) is 0. The number of methoxy groups -OCH3 is 3. The molecule has 0 N–H and O–H groups in total. The monoisotopic (exact) mass is 339 g/mol. The molecule has 0 aliphatic carbocycles. The third-order valence-electron chi connectivity index (χ3n) is 3.35. The molecule has 0 atom stereocenters. The molecule has 0 aliphatic heterocycles. The van der Waals surface area contributed by atoms with Gasteiger partial charge in [-0.3, -0.25) is 0 Å². The number of aromatic nitrogens is 3. The average Bonchev–Trinajstić information content (AvgIpc) is 2.67. The van der Waals surface area contributed by atoms with Gasteiger partial charge in [0, 0.05) is 11.6 Å². The highest BCUT2D eigenvalue weighted by atomic mass is 16.5. The summed E-state index contributed by atoms with van der Waals surface area (Å²) >= 11 is 0. The van der Waals surface area contributed by atoms with E-state index in [4.69, 9.17) is 18.9 Å². The highest BCUT2D eigenvalue weighted by Crippen LogP contribution is 2.27. The smallest absolute Gasteiger partial charge is 0.328 e. The molecule has 0 radical (unpaired) electrons. The van der Waals surface area contributed by atoms with Crippen molar-refractivity contribution in [1.29, 1.82) is 0 Å². The molecule has 7 heteroatoms. The SMILES string of the molecule is COc1cccc(-c2cccc(Oc3nc(OC)cc(OC)n3)c2)n1. The quantitative estimate of drug-likeness (QED) is 0.681. The number of hydrogen-bond acceptors (Lipinski definition) is 7. The Labute approximate surface area is 145 Å². The van der Waals surface area contributed by atoms with Crippen LogP contribution in [-0.4, -0.2) is 36.3 Å². The van der Waals surface area contributed by atoms with Gasteiger partial charge in [-0.05, 0) is 18.2 Å². The Morgan fingerprint density at radius 3 is 2.04 bits per heavy atom. The lowest BCUT2D eigenvalue weighted by Gasteiger charge is -2.09. The highest BCUT2D eigenvalue weighted by Gasteiger charge is 2.09. The van der Waals surface area contributed by atoms with Crippen LogP contribution in [0.3, 0.4) is 0 Å². The van der Waals surface area contributed by atoms with Crippen molar-refractivity contribution in [2.45, 2.75) is 0 Å². The average molecular weight is 339 g/mol. The molecule has 0 amide bonds. The fourth-order valence-corrected chi connectivity index (χ4v) is 2.15. The van der Waals surface area contributed by atoms with Gasteiger partial charge in [-0.25, -0.2) is 4.98 Å². The van der Waals surface area contributed by atoms with E-state index in [0.717, 1.165) is 11.3 Å². The van der Waals surface area contributed by atoms with Gasteiger partial charge in [-0.1, -0.05) is 18.2 Å². The maximum Gasteiger partial charge on any atom is 0.328 e. The lowest BCUT2D eigenvalue weighted by molar-refractivity contribution is 0.348. The van der Waals surface area contributed by atoms with E-state index < -0.39 is 0 Å². The lowest BCUT2D eigenvalue weighted by Crippen LogP contribution is -1.98. The second-order valence-electron chi connectivity index (χ2n) is 4.93. The van der Waals surface area contributed by atoms with Crippen molar-refractivity contribution in [1.82, 2.24) is 15.0 Å². The van der Waals surface area contributed by atoms with Gasteiger partial charge in [0.15, 0.2) is 0 Å². The Morgan fingerprint density at radius 1 is 0.680 bits per heavy atom.